The van der Waals surface area contributed by atoms with Crippen LogP contribution in [-0.2, 0) is 11.3 Å². The van der Waals surface area contributed by atoms with Crippen LogP contribution in [0.1, 0.15) is 44.6 Å². The van der Waals surface area contributed by atoms with Gasteiger partial charge in [-0.25, -0.2) is 0 Å². The molecule has 0 saturated heterocycles. The van der Waals surface area contributed by atoms with Crippen LogP contribution in [-0.4, -0.2) is 31.5 Å². The molecule has 3 aromatic rings. The Morgan fingerprint density at radius 3 is 2.55 bits per heavy atom. The Labute approximate surface area is 203 Å². The fourth-order valence-electron chi connectivity index (χ4n) is 4.10. The molecule has 6 nitrogen and oxygen atoms in total. The van der Waals surface area contributed by atoms with E-state index in [4.69, 9.17) is 11.6 Å². The Morgan fingerprint density at radius 1 is 1.15 bits per heavy atom. The van der Waals surface area contributed by atoms with Gasteiger partial charge in [0.15, 0.2) is 11.0 Å². The summed E-state index contributed by atoms with van der Waals surface area (Å²) in [4.78, 5) is 13.0. The minimum absolute atomic E-state index is 0.156. The molecule has 0 radical (unpaired) electrons. The van der Waals surface area contributed by atoms with Crippen molar-refractivity contribution in [3.8, 4) is 17.5 Å². The highest BCUT2D eigenvalue weighted by atomic mass is 35.5. The van der Waals surface area contributed by atoms with Gasteiger partial charge >= 0.3 is 0 Å². The summed E-state index contributed by atoms with van der Waals surface area (Å²) >= 11 is 7.80. The number of nitriles is 1. The first-order valence-corrected chi connectivity index (χ1v) is 12.4. The molecule has 1 atom stereocenters. The fourth-order valence-corrected chi connectivity index (χ4v) is 5.16. The van der Waals surface area contributed by atoms with Crippen LogP contribution in [0.4, 0.5) is 0 Å². The minimum atomic E-state index is -0.759. The standard InChI is InChI=1S/C25H26ClN5OS/c1-18(23(32)28-25(17-27)14-8-3-9-15-25)33-24-30-29-22(20-12-6-7-13-21(20)26)31(24)16-19-10-4-2-5-11-19/h2,4-7,10-13,18H,3,8-9,14-16H2,1H3,(H,28,32). The van der Waals surface area contributed by atoms with Gasteiger partial charge in [0.05, 0.1) is 22.9 Å². The third-order valence-electron chi connectivity index (χ3n) is 5.95. The highest BCUT2D eigenvalue weighted by molar-refractivity contribution is 8.00. The molecule has 0 bridgehead atoms. The second-order valence-corrected chi connectivity index (χ2v) is 10.1. The van der Waals surface area contributed by atoms with Crippen LogP contribution < -0.4 is 5.32 Å². The number of nitrogens with zero attached hydrogens (tertiary/aromatic N) is 4. The van der Waals surface area contributed by atoms with Crippen LogP contribution in [0.5, 0.6) is 0 Å². The van der Waals surface area contributed by atoms with Crippen molar-refractivity contribution in [3.05, 3.63) is 65.2 Å². The summed E-state index contributed by atoms with van der Waals surface area (Å²) in [6.07, 6.45) is 4.43. The second-order valence-electron chi connectivity index (χ2n) is 8.36. The number of thioether (sulfide) groups is 1. The molecular formula is C25H26ClN5OS. The largest absolute Gasteiger partial charge is 0.337 e. The summed E-state index contributed by atoms with van der Waals surface area (Å²) in [7, 11) is 0. The number of rotatable bonds is 7. The van der Waals surface area contributed by atoms with Crippen molar-refractivity contribution in [1.82, 2.24) is 20.1 Å². The zero-order valence-corrected chi connectivity index (χ0v) is 20.1. The van der Waals surface area contributed by atoms with Gasteiger partial charge in [-0.2, -0.15) is 5.26 Å². The van der Waals surface area contributed by atoms with E-state index in [-0.39, 0.29) is 5.91 Å². The molecule has 1 saturated carbocycles. The van der Waals surface area contributed by atoms with E-state index in [9.17, 15) is 10.1 Å². The van der Waals surface area contributed by atoms with Crippen molar-refractivity contribution in [2.75, 3.05) is 0 Å². The highest BCUT2D eigenvalue weighted by Crippen LogP contribution is 2.32. The number of hydrogen-bond donors (Lipinski definition) is 1. The molecule has 4 rings (SSSR count). The lowest BCUT2D eigenvalue weighted by Gasteiger charge is -2.32. The Morgan fingerprint density at radius 2 is 1.85 bits per heavy atom. The van der Waals surface area contributed by atoms with E-state index in [1.165, 1.54) is 11.8 Å². The lowest BCUT2D eigenvalue weighted by atomic mass is 9.83. The maximum atomic E-state index is 13.0. The third kappa shape index (κ3) is 5.40. The number of hydrogen-bond acceptors (Lipinski definition) is 5. The molecular weight excluding hydrogens is 454 g/mol. The SMILES string of the molecule is CC(Sc1nnc(-c2ccccc2Cl)n1Cc1ccccc1)C(=O)NC1(C#N)CCCCC1. The van der Waals surface area contributed by atoms with Gasteiger partial charge in [0.1, 0.15) is 5.54 Å². The number of aromatic nitrogens is 3. The molecule has 33 heavy (non-hydrogen) atoms. The number of amides is 1. The molecule has 2 aromatic carbocycles. The second kappa shape index (κ2) is 10.4. The average molecular weight is 480 g/mol. The number of carbonyl (C=O) groups excluding carboxylic acids is 1. The molecule has 170 valence electrons. The van der Waals surface area contributed by atoms with E-state index in [0.717, 1.165) is 30.4 Å². The van der Waals surface area contributed by atoms with E-state index in [2.05, 4.69) is 21.6 Å². The first kappa shape index (κ1) is 23.3. The smallest absolute Gasteiger partial charge is 0.234 e. The van der Waals surface area contributed by atoms with Gasteiger partial charge < -0.3 is 5.32 Å². The third-order valence-corrected chi connectivity index (χ3v) is 7.36. The van der Waals surface area contributed by atoms with Gasteiger partial charge in [-0.1, -0.05) is 85.1 Å². The summed E-state index contributed by atoms with van der Waals surface area (Å²) in [6, 6.07) is 19.9. The van der Waals surface area contributed by atoms with Gasteiger partial charge in [0, 0.05) is 5.56 Å². The monoisotopic (exact) mass is 479 g/mol. The number of halogens is 1. The minimum Gasteiger partial charge on any atom is -0.337 e. The van der Waals surface area contributed by atoms with Crippen LogP contribution in [0.2, 0.25) is 5.02 Å². The lowest BCUT2D eigenvalue weighted by molar-refractivity contribution is -0.121. The molecule has 1 heterocycles. The van der Waals surface area contributed by atoms with Crippen molar-refractivity contribution in [2.24, 2.45) is 0 Å². The lowest BCUT2D eigenvalue weighted by Crippen LogP contribution is -2.51. The summed E-state index contributed by atoms with van der Waals surface area (Å²) in [6.45, 7) is 2.39. The van der Waals surface area contributed by atoms with Crippen molar-refractivity contribution < 1.29 is 4.79 Å². The van der Waals surface area contributed by atoms with E-state index in [1.54, 1.807) is 0 Å². The quantitative estimate of drug-likeness (QED) is 0.454. The van der Waals surface area contributed by atoms with Gasteiger partial charge in [-0.15, -0.1) is 10.2 Å². The first-order valence-electron chi connectivity index (χ1n) is 11.1. The average Bonchev–Trinajstić information content (AvgIpc) is 3.22. The molecule has 8 heteroatoms. The van der Waals surface area contributed by atoms with Crippen molar-refractivity contribution >= 4 is 29.3 Å². The Kier molecular flexibility index (Phi) is 7.36. The summed E-state index contributed by atoms with van der Waals surface area (Å²) in [5, 5.41) is 22.4. The van der Waals surface area contributed by atoms with E-state index >= 15 is 0 Å². The highest BCUT2D eigenvalue weighted by Gasteiger charge is 2.35. The first-order chi connectivity index (χ1) is 16.0. The van der Waals surface area contributed by atoms with Crippen LogP contribution in [0.25, 0.3) is 11.4 Å². The zero-order valence-electron chi connectivity index (χ0n) is 18.5. The molecule has 1 fully saturated rings. The van der Waals surface area contributed by atoms with Crippen LogP contribution in [0.15, 0.2) is 59.8 Å². The predicted octanol–water partition coefficient (Wildman–Crippen LogP) is 5.47. The molecule has 1 unspecified atom stereocenters. The molecule has 1 aliphatic carbocycles. The Hall–Kier alpha value is -2.82. The van der Waals surface area contributed by atoms with E-state index in [1.807, 2.05) is 66.1 Å². The maximum Gasteiger partial charge on any atom is 0.234 e. The van der Waals surface area contributed by atoms with Crippen LogP contribution in [0.3, 0.4) is 0 Å². The summed E-state index contributed by atoms with van der Waals surface area (Å²) in [5.74, 6) is 0.498. The van der Waals surface area contributed by atoms with Gasteiger partial charge in [-0.3, -0.25) is 9.36 Å². The number of nitrogens with one attached hydrogen (secondary N) is 1. The number of carbonyl (C=O) groups is 1. The van der Waals surface area contributed by atoms with Crippen molar-refractivity contribution in [3.63, 3.8) is 0 Å². The van der Waals surface area contributed by atoms with Gasteiger partial charge in [0.2, 0.25) is 5.91 Å². The van der Waals surface area contributed by atoms with Crippen LogP contribution in [0, 0.1) is 11.3 Å². The molecule has 0 aliphatic heterocycles. The number of benzene rings is 2. The fraction of sp³-hybridized carbons (Fsp3) is 0.360. The summed E-state index contributed by atoms with van der Waals surface area (Å²) < 4.78 is 1.99. The Bertz CT molecular complexity index is 1150. The summed E-state index contributed by atoms with van der Waals surface area (Å²) in [5.41, 5.74) is 1.12. The zero-order chi connectivity index (χ0) is 23.3. The molecule has 1 aliphatic rings. The topological polar surface area (TPSA) is 83.6 Å². The maximum absolute atomic E-state index is 13.0. The van der Waals surface area contributed by atoms with E-state index < -0.39 is 10.8 Å². The Balaban J connectivity index is 1.60. The van der Waals surface area contributed by atoms with Gasteiger partial charge in [0.25, 0.3) is 0 Å². The molecule has 0 spiro atoms. The van der Waals surface area contributed by atoms with Crippen molar-refractivity contribution in [2.45, 2.75) is 61.5 Å². The van der Waals surface area contributed by atoms with Gasteiger partial charge in [-0.05, 0) is 37.5 Å². The van der Waals surface area contributed by atoms with Crippen molar-refractivity contribution in [1.29, 1.82) is 5.26 Å². The molecule has 1 amide bonds. The molecule has 1 N–H and O–H groups in total. The van der Waals surface area contributed by atoms with Crippen LogP contribution >= 0.6 is 23.4 Å². The normalized spacial score (nSPS) is 16.0. The predicted molar refractivity (Wildman–Crippen MR) is 131 cm³/mol. The van der Waals surface area contributed by atoms with E-state index in [0.29, 0.717) is 35.4 Å². The molecule has 1 aromatic heterocycles.